The lowest BCUT2D eigenvalue weighted by atomic mass is 9.88. The first-order chi connectivity index (χ1) is 13.2. The molecule has 0 atom stereocenters. The molecule has 0 spiro atoms. The van der Waals surface area contributed by atoms with E-state index in [0.717, 1.165) is 44.4 Å². The van der Waals surface area contributed by atoms with Crippen molar-refractivity contribution >= 4 is 40.0 Å². The molecule has 1 aliphatic heterocycles. The number of guanidine groups is 1. The monoisotopic (exact) mass is 543 g/mol. The van der Waals surface area contributed by atoms with Gasteiger partial charge in [0.25, 0.3) is 0 Å². The second kappa shape index (κ2) is 12.7. The largest absolute Gasteiger partial charge is 0.357 e. The Balaban J connectivity index is 0.00000420. The van der Waals surface area contributed by atoms with E-state index in [1.165, 1.54) is 44.9 Å². The normalized spacial score (nSPS) is 20.9. The van der Waals surface area contributed by atoms with Crippen molar-refractivity contribution in [3.63, 3.8) is 0 Å². The van der Waals surface area contributed by atoms with Crippen molar-refractivity contribution in [1.29, 1.82) is 0 Å². The molecule has 1 saturated carbocycles. The van der Waals surface area contributed by atoms with Crippen LogP contribution in [0.1, 0.15) is 65.7 Å². The Morgan fingerprint density at radius 1 is 1.10 bits per heavy atom. The van der Waals surface area contributed by atoms with Crippen LogP contribution in [0.2, 0.25) is 0 Å². The number of aliphatic imine (C=N–C) groups is 1. The maximum Gasteiger partial charge on any atom is 0.209 e. The summed E-state index contributed by atoms with van der Waals surface area (Å²) in [7, 11) is -3.25. The fraction of sp³-hybridized carbons (Fsp3) is 0.950. The van der Waals surface area contributed by atoms with Gasteiger partial charge in [0.05, 0.1) is 12.8 Å². The first-order valence-corrected chi connectivity index (χ1v) is 12.8. The quantitative estimate of drug-likeness (QED) is 0.249. The van der Waals surface area contributed by atoms with Crippen molar-refractivity contribution in [2.24, 2.45) is 10.9 Å². The van der Waals surface area contributed by atoms with Crippen LogP contribution < -0.4 is 15.4 Å². The lowest BCUT2D eigenvalue weighted by Crippen LogP contribution is -2.50. The summed E-state index contributed by atoms with van der Waals surface area (Å²) in [6.07, 6.45) is 10.5. The van der Waals surface area contributed by atoms with Gasteiger partial charge in [-0.3, -0.25) is 4.99 Å². The summed E-state index contributed by atoms with van der Waals surface area (Å²) in [5.41, 5.74) is -0.612. The molecule has 1 aliphatic carbocycles. The van der Waals surface area contributed by atoms with Gasteiger partial charge in [0.2, 0.25) is 10.0 Å². The lowest BCUT2D eigenvalue weighted by Gasteiger charge is -2.36. The van der Waals surface area contributed by atoms with Crippen molar-refractivity contribution in [3.8, 4) is 0 Å². The van der Waals surface area contributed by atoms with E-state index in [1.54, 1.807) is 0 Å². The summed E-state index contributed by atoms with van der Waals surface area (Å²) in [5, 5.41) is 6.84. The van der Waals surface area contributed by atoms with Crippen molar-refractivity contribution in [2.45, 2.75) is 77.3 Å². The Hall–Kier alpha value is -0.130. The molecule has 0 aromatic heterocycles. The number of hydrogen-bond acceptors (Lipinski definition) is 4. The van der Waals surface area contributed by atoms with E-state index in [-0.39, 0.29) is 24.0 Å². The van der Waals surface area contributed by atoms with Gasteiger partial charge in [0.15, 0.2) is 5.96 Å². The maximum absolute atomic E-state index is 11.5. The highest BCUT2D eigenvalue weighted by Crippen LogP contribution is 2.25. The summed E-state index contributed by atoms with van der Waals surface area (Å²) in [6.45, 7) is 10.5. The number of halogens is 1. The van der Waals surface area contributed by atoms with E-state index in [2.05, 4.69) is 25.2 Å². The predicted octanol–water partition coefficient (Wildman–Crippen LogP) is 2.53. The van der Waals surface area contributed by atoms with Gasteiger partial charge in [-0.2, -0.15) is 0 Å². The summed E-state index contributed by atoms with van der Waals surface area (Å²) >= 11 is 0. The van der Waals surface area contributed by atoms with E-state index in [4.69, 9.17) is 0 Å². The molecule has 0 aromatic rings. The molecule has 0 amide bonds. The molecule has 0 bridgehead atoms. The van der Waals surface area contributed by atoms with Crippen LogP contribution in [0.3, 0.4) is 0 Å². The average molecular weight is 544 g/mol. The van der Waals surface area contributed by atoms with Gasteiger partial charge in [-0.1, -0.05) is 19.3 Å². The minimum Gasteiger partial charge on any atom is -0.357 e. The minimum atomic E-state index is -3.25. The number of hydrogen-bond donors (Lipinski definition) is 3. The fourth-order valence-electron chi connectivity index (χ4n) is 4.32. The molecule has 0 unspecified atom stereocenters. The molecule has 9 heteroatoms. The molecular formula is C20H42IN5O2S. The Bertz CT molecular complexity index is 598. The number of nitrogens with one attached hydrogen (secondary N) is 3. The molecule has 29 heavy (non-hydrogen) atoms. The van der Waals surface area contributed by atoms with Crippen molar-refractivity contribution in [2.75, 3.05) is 39.0 Å². The van der Waals surface area contributed by atoms with Crippen LogP contribution in [-0.4, -0.2) is 69.8 Å². The molecule has 2 rings (SSSR count). The summed E-state index contributed by atoms with van der Waals surface area (Å²) < 4.78 is 25.7. The number of likely N-dealkylation sites (tertiary alicyclic amines) is 1. The van der Waals surface area contributed by atoms with E-state index in [1.807, 2.05) is 20.8 Å². The van der Waals surface area contributed by atoms with Crippen LogP contribution in [-0.2, 0) is 10.0 Å². The van der Waals surface area contributed by atoms with E-state index in [0.29, 0.717) is 12.6 Å². The highest BCUT2D eigenvalue weighted by molar-refractivity contribution is 14.0. The maximum atomic E-state index is 11.5. The van der Waals surface area contributed by atoms with E-state index < -0.39 is 15.6 Å². The Morgan fingerprint density at radius 2 is 1.72 bits per heavy atom. The van der Waals surface area contributed by atoms with E-state index >= 15 is 0 Å². The van der Waals surface area contributed by atoms with Crippen molar-refractivity contribution < 1.29 is 8.42 Å². The van der Waals surface area contributed by atoms with Gasteiger partial charge < -0.3 is 15.5 Å². The fourth-order valence-corrected chi connectivity index (χ4v) is 5.39. The molecule has 7 nitrogen and oxygen atoms in total. The zero-order valence-corrected chi connectivity index (χ0v) is 21.8. The zero-order valence-electron chi connectivity index (χ0n) is 18.7. The molecule has 0 aromatic carbocycles. The third-order valence-electron chi connectivity index (χ3n) is 5.61. The average Bonchev–Trinajstić information content (AvgIpc) is 2.60. The van der Waals surface area contributed by atoms with Gasteiger partial charge in [-0.15, -0.1) is 24.0 Å². The van der Waals surface area contributed by atoms with Crippen LogP contribution in [0.25, 0.3) is 0 Å². The van der Waals surface area contributed by atoms with Gasteiger partial charge in [-0.05, 0) is 52.4 Å². The standard InChI is InChI=1S/C20H41N5O2S.HI/c1-5-21-19(22-16-20(2,3)24-28(4,26)27)23-18-11-13-25(14-12-18)15-17-9-7-6-8-10-17;/h17-18,24H,5-16H2,1-4H3,(H2,21,22,23);1H. The van der Waals surface area contributed by atoms with Gasteiger partial charge in [0.1, 0.15) is 0 Å². The molecule has 3 N–H and O–H groups in total. The molecular weight excluding hydrogens is 501 g/mol. The number of rotatable bonds is 8. The predicted molar refractivity (Wildman–Crippen MR) is 133 cm³/mol. The Kier molecular flexibility index (Phi) is 11.7. The smallest absolute Gasteiger partial charge is 0.209 e. The number of sulfonamides is 1. The highest BCUT2D eigenvalue weighted by atomic mass is 127. The first-order valence-electron chi connectivity index (χ1n) is 10.9. The summed E-state index contributed by atoms with van der Waals surface area (Å²) in [5.74, 6) is 1.68. The van der Waals surface area contributed by atoms with Crippen molar-refractivity contribution in [3.05, 3.63) is 0 Å². The first kappa shape index (κ1) is 26.9. The number of nitrogens with zero attached hydrogens (tertiary/aromatic N) is 2. The van der Waals surface area contributed by atoms with Crippen molar-refractivity contribution in [1.82, 2.24) is 20.3 Å². The van der Waals surface area contributed by atoms with Gasteiger partial charge >= 0.3 is 0 Å². The highest BCUT2D eigenvalue weighted by Gasteiger charge is 2.24. The third-order valence-corrected chi connectivity index (χ3v) is 6.53. The molecule has 2 fully saturated rings. The minimum absolute atomic E-state index is 0. The molecule has 2 aliphatic rings. The molecule has 1 heterocycles. The van der Waals surface area contributed by atoms with Gasteiger partial charge in [0, 0.05) is 37.8 Å². The van der Waals surface area contributed by atoms with Crippen LogP contribution >= 0.6 is 24.0 Å². The van der Waals surface area contributed by atoms with E-state index in [9.17, 15) is 8.42 Å². The second-order valence-corrected chi connectivity index (χ2v) is 10.9. The van der Waals surface area contributed by atoms with Gasteiger partial charge in [-0.25, -0.2) is 13.1 Å². The second-order valence-electron chi connectivity index (χ2n) is 9.18. The topological polar surface area (TPSA) is 85.8 Å². The summed E-state index contributed by atoms with van der Waals surface area (Å²) in [4.78, 5) is 7.27. The third kappa shape index (κ3) is 11.2. The molecule has 172 valence electrons. The van der Waals surface area contributed by atoms with Crippen LogP contribution in [0.15, 0.2) is 4.99 Å². The van der Waals surface area contributed by atoms with Crippen LogP contribution in [0, 0.1) is 5.92 Å². The lowest BCUT2D eigenvalue weighted by molar-refractivity contribution is 0.160. The number of piperidine rings is 1. The Labute approximate surface area is 195 Å². The van der Waals surface area contributed by atoms with Crippen LogP contribution in [0.5, 0.6) is 0 Å². The van der Waals surface area contributed by atoms with Crippen LogP contribution in [0.4, 0.5) is 0 Å². The molecule has 1 saturated heterocycles. The zero-order chi connectivity index (χ0) is 20.6. The SMILES string of the molecule is CCNC(=NCC(C)(C)NS(C)(=O)=O)NC1CCN(CC2CCCCC2)CC1.I. The Morgan fingerprint density at radius 3 is 2.28 bits per heavy atom. The summed E-state index contributed by atoms with van der Waals surface area (Å²) in [6, 6.07) is 0.423. The molecule has 0 radical (unpaired) electrons.